The number of thiophene rings is 1. The first-order valence-corrected chi connectivity index (χ1v) is 11.7. The molecule has 7 nitrogen and oxygen atoms in total. The molecular formula is C24H21ClN6OS. The number of halogens is 1. The molecule has 33 heavy (non-hydrogen) atoms. The highest BCUT2D eigenvalue weighted by Gasteiger charge is 2.17. The van der Waals surface area contributed by atoms with Crippen LogP contribution < -0.4 is 5.32 Å². The maximum Gasteiger partial charge on any atom is 0.261 e. The fourth-order valence-electron chi connectivity index (χ4n) is 3.76. The maximum absolute atomic E-state index is 13.0. The lowest BCUT2D eigenvalue weighted by Gasteiger charge is -2.10. The van der Waals surface area contributed by atoms with E-state index in [-0.39, 0.29) is 5.91 Å². The topological polar surface area (TPSA) is 77.6 Å². The van der Waals surface area contributed by atoms with E-state index in [4.69, 9.17) is 11.6 Å². The van der Waals surface area contributed by atoms with E-state index in [2.05, 4.69) is 20.5 Å². The number of benzene rings is 2. The van der Waals surface area contributed by atoms with Crippen LogP contribution in [-0.2, 0) is 19.6 Å². The Balaban J connectivity index is 1.33. The number of aryl methyl sites for hydroxylation is 1. The number of aromatic nitrogens is 5. The van der Waals surface area contributed by atoms with Crippen LogP contribution >= 0.6 is 22.9 Å². The van der Waals surface area contributed by atoms with E-state index >= 15 is 0 Å². The van der Waals surface area contributed by atoms with E-state index in [0.717, 1.165) is 32.6 Å². The highest BCUT2D eigenvalue weighted by molar-refractivity contribution is 7.20. The van der Waals surface area contributed by atoms with Gasteiger partial charge >= 0.3 is 0 Å². The lowest BCUT2D eigenvalue weighted by atomic mass is 10.1. The van der Waals surface area contributed by atoms with E-state index in [0.29, 0.717) is 29.5 Å². The fraction of sp³-hybridized carbons (Fsp3) is 0.167. The highest BCUT2D eigenvalue weighted by atomic mass is 35.5. The van der Waals surface area contributed by atoms with Crippen molar-refractivity contribution < 1.29 is 4.79 Å². The number of carbonyl (C=O) groups excluding carboxylic acids is 1. The zero-order chi connectivity index (χ0) is 22.8. The highest BCUT2D eigenvalue weighted by Crippen LogP contribution is 2.29. The van der Waals surface area contributed by atoms with Gasteiger partial charge < -0.3 is 5.32 Å². The molecule has 2 aromatic carbocycles. The minimum absolute atomic E-state index is 0.101. The predicted molar refractivity (Wildman–Crippen MR) is 130 cm³/mol. The van der Waals surface area contributed by atoms with Gasteiger partial charge in [0.05, 0.1) is 23.7 Å². The van der Waals surface area contributed by atoms with Crippen molar-refractivity contribution in [2.24, 2.45) is 0 Å². The number of amides is 1. The number of hydrogen-bond acceptors (Lipinski definition) is 5. The Morgan fingerprint density at radius 1 is 1.06 bits per heavy atom. The lowest BCUT2D eigenvalue weighted by molar-refractivity contribution is 0.0955. The van der Waals surface area contributed by atoms with E-state index < -0.39 is 0 Å². The number of carbonyl (C=O) groups is 1. The molecule has 0 spiro atoms. The van der Waals surface area contributed by atoms with Crippen molar-refractivity contribution in [2.45, 2.75) is 26.6 Å². The van der Waals surface area contributed by atoms with Gasteiger partial charge in [0.15, 0.2) is 0 Å². The summed E-state index contributed by atoms with van der Waals surface area (Å²) in [4.78, 5) is 18.6. The minimum Gasteiger partial charge on any atom is -0.347 e. The summed E-state index contributed by atoms with van der Waals surface area (Å²) in [5, 5.41) is 13.6. The molecule has 0 aliphatic rings. The number of nitrogens with one attached hydrogen (secondary N) is 1. The van der Waals surface area contributed by atoms with Crippen LogP contribution in [0.15, 0.2) is 67.3 Å². The average molecular weight is 477 g/mol. The van der Waals surface area contributed by atoms with Gasteiger partial charge in [-0.1, -0.05) is 54.1 Å². The van der Waals surface area contributed by atoms with Crippen LogP contribution in [0.4, 0.5) is 0 Å². The normalized spacial score (nSPS) is 11.2. The van der Waals surface area contributed by atoms with Gasteiger partial charge in [0.1, 0.15) is 17.5 Å². The van der Waals surface area contributed by atoms with Gasteiger partial charge in [0.25, 0.3) is 5.91 Å². The van der Waals surface area contributed by atoms with Gasteiger partial charge in [-0.3, -0.25) is 9.48 Å². The molecule has 9 heteroatoms. The Kier molecular flexibility index (Phi) is 5.93. The molecule has 166 valence electrons. The van der Waals surface area contributed by atoms with Crippen molar-refractivity contribution in [3.8, 4) is 0 Å². The van der Waals surface area contributed by atoms with E-state index in [1.165, 1.54) is 17.7 Å². The third-order valence-corrected chi connectivity index (χ3v) is 6.98. The number of rotatable bonds is 7. The Morgan fingerprint density at radius 2 is 1.82 bits per heavy atom. The predicted octanol–water partition coefficient (Wildman–Crippen LogP) is 4.68. The Hall–Kier alpha value is -3.49. The molecule has 5 aromatic rings. The summed E-state index contributed by atoms with van der Waals surface area (Å²) in [6.45, 7) is 3.55. The summed E-state index contributed by atoms with van der Waals surface area (Å²) in [6, 6.07) is 17.7. The summed E-state index contributed by atoms with van der Waals surface area (Å²) in [5.41, 5.74) is 4.02. The smallest absolute Gasteiger partial charge is 0.261 e. The first kappa shape index (κ1) is 21.4. The van der Waals surface area contributed by atoms with Crippen LogP contribution in [0.5, 0.6) is 0 Å². The van der Waals surface area contributed by atoms with Crippen LogP contribution in [0.1, 0.15) is 32.1 Å². The summed E-state index contributed by atoms with van der Waals surface area (Å²) < 4.78 is 3.68. The lowest BCUT2D eigenvalue weighted by Crippen LogP contribution is -2.22. The first-order chi connectivity index (χ1) is 16.1. The molecule has 0 bridgehead atoms. The fourth-order valence-corrected chi connectivity index (χ4v) is 5.03. The van der Waals surface area contributed by atoms with Gasteiger partial charge in [-0.05, 0) is 35.7 Å². The molecule has 3 heterocycles. The van der Waals surface area contributed by atoms with Gasteiger partial charge in [0.2, 0.25) is 0 Å². The molecule has 5 rings (SSSR count). The van der Waals surface area contributed by atoms with Crippen LogP contribution in [-0.4, -0.2) is 30.5 Å². The zero-order valence-electron chi connectivity index (χ0n) is 17.9. The van der Waals surface area contributed by atoms with Crippen LogP contribution in [0.2, 0.25) is 5.02 Å². The first-order valence-electron chi connectivity index (χ1n) is 10.5. The average Bonchev–Trinajstić information content (AvgIpc) is 3.54. The van der Waals surface area contributed by atoms with E-state index in [1.54, 1.807) is 11.0 Å². The summed E-state index contributed by atoms with van der Waals surface area (Å²) in [5.74, 6) is -0.101. The number of fused-ring (bicyclic) bond motifs is 1. The zero-order valence-corrected chi connectivity index (χ0v) is 19.5. The number of nitrogens with zero attached hydrogens (tertiary/aromatic N) is 5. The quantitative estimate of drug-likeness (QED) is 0.370. The minimum atomic E-state index is -0.101. The summed E-state index contributed by atoms with van der Waals surface area (Å²) in [7, 11) is 0. The summed E-state index contributed by atoms with van der Waals surface area (Å²) >= 11 is 7.78. The van der Waals surface area contributed by atoms with Crippen molar-refractivity contribution in [3.63, 3.8) is 0 Å². The molecule has 0 aliphatic heterocycles. The van der Waals surface area contributed by atoms with Gasteiger partial charge in [-0.25, -0.2) is 9.67 Å². The Bertz CT molecular complexity index is 1420. The molecule has 0 saturated heterocycles. The molecule has 0 aliphatic carbocycles. The number of hydrogen-bond donors (Lipinski definition) is 1. The molecular weight excluding hydrogens is 456 g/mol. The summed E-state index contributed by atoms with van der Waals surface area (Å²) in [6.07, 6.45) is 3.20. The molecule has 0 radical (unpaired) electrons. The van der Waals surface area contributed by atoms with Crippen LogP contribution in [0.3, 0.4) is 0 Å². The molecule has 0 unspecified atom stereocenters. The molecule has 0 saturated carbocycles. The van der Waals surface area contributed by atoms with Crippen LogP contribution in [0.25, 0.3) is 10.2 Å². The monoisotopic (exact) mass is 476 g/mol. The largest absolute Gasteiger partial charge is 0.347 e. The third-order valence-electron chi connectivity index (χ3n) is 5.47. The maximum atomic E-state index is 13.0. The molecule has 1 N–H and O–H groups in total. The van der Waals surface area contributed by atoms with Crippen LogP contribution in [0, 0.1) is 6.92 Å². The van der Waals surface area contributed by atoms with Gasteiger partial charge in [0, 0.05) is 17.0 Å². The van der Waals surface area contributed by atoms with Crippen molar-refractivity contribution in [3.05, 3.63) is 99.5 Å². The third kappa shape index (κ3) is 4.53. The van der Waals surface area contributed by atoms with Crippen molar-refractivity contribution in [1.82, 2.24) is 29.9 Å². The van der Waals surface area contributed by atoms with Gasteiger partial charge in [-0.2, -0.15) is 10.2 Å². The van der Waals surface area contributed by atoms with E-state index in [1.807, 2.05) is 66.2 Å². The molecule has 1 amide bonds. The standard InChI is InChI=1S/C24H21ClN6OS/c1-16-20-10-22(33-24(20)31(29-16)13-19-8-4-5-9-21(19)25)23(32)27-11-17-6-2-3-7-18(17)12-30-15-26-14-28-30/h2-10,14-15H,11-13H2,1H3,(H,27,32). The van der Waals surface area contributed by atoms with Crippen molar-refractivity contribution in [1.29, 1.82) is 0 Å². The molecule has 0 atom stereocenters. The SMILES string of the molecule is Cc1nn(Cc2ccccc2Cl)c2sc(C(=O)NCc3ccccc3Cn3cncn3)cc12. The molecule has 3 aromatic heterocycles. The van der Waals surface area contributed by atoms with Crippen molar-refractivity contribution >= 4 is 39.1 Å². The van der Waals surface area contributed by atoms with Crippen molar-refractivity contribution in [2.75, 3.05) is 0 Å². The van der Waals surface area contributed by atoms with E-state index in [9.17, 15) is 4.79 Å². The second kappa shape index (κ2) is 9.17. The Morgan fingerprint density at radius 3 is 2.58 bits per heavy atom. The van der Waals surface area contributed by atoms with Gasteiger partial charge in [-0.15, -0.1) is 11.3 Å². The second-order valence-electron chi connectivity index (χ2n) is 7.71. The second-order valence-corrected chi connectivity index (χ2v) is 9.15. The molecule has 0 fully saturated rings. The Labute approximate surface area is 199 Å².